The maximum Gasteiger partial charge on any atom is 0.220 e. The van der Waals surface area contributed by atoms with Crippen LogP contribution < -0.4 is 5.73 Å². The Kier molecular flexibility index (Phi) is 1.70. The van der Waals surface area contributed by atoms with Gasteiger partial charge in [0.05, 0.1) is 5.69 Å². The second-order valence-electron chi connectivity index (χ2n) is 4.15. The van der Waals surface area contributed by atoms with Crippen molar-refractivity contribution in [3.63, 3.8) is 0 Å². The molecule has 2 heterocycles. The van der Waals surface area contributed by atoms with Crippen LogP contribution in [0.1, 0.15) is 24.1 Å². The molecule has 4 heteroatoms. The first kappa shape index (κ1) is 8.17. The van der Waals surface area contributed by atoms with Crippen LogP contribution >= 0.6 is 0 Å². The second kappa shape index (κ2) is 2.92. The van der Waals surface area contributed by atoms with Crippen LogP contribution in [0, 0.1) is 0 Å². The van der Waals surface area contributed by atoms with Crippen LogP contribution in [-0.2, 0) is 13.0 Å². The second-order valence-corrected chi connectivity index (χ2v) is 4.15. The van der Waals surface area contributed by atoms with Crippen molar-refractivity contribution in [1.29, 1.82) is 0 Å². The summed E-state index contributed by atoms with van der Waals surface area (Å²) in [7, 11) is 0. The van der Waals surface area contributed by atoms with Gasteiger partial charge in [0.2, 0.25) is 5.95 Å². The summed E-state index contributed by atoms with van der Waals surface area (Å²) in [4.78, 5) is 10.8. The summed E-state index contributed by atoms with van der Waals surface area (Å²) in [6.07, 6.45) is 5.64. The highest BCUT2D eigenvalue weighted by atomic mass is 15.2. The van der Waals surface area contributed by atoms with E-state index < -0.39 is 0 Å². The molecule has 0 saturated heterocycles. The van der Waals surface area contributed by atoms with Crippen molar-refractivity contribution < 1.29 is 0 Å². The molecule has 0 amide bonds. The van der Waals surface area contributed by atoms with Gasteiger partial charge in [-0.1, -0.05) is 0 Å². The maximum absolute atomic E-state index is 5.55. The highest BCUT2D eigenvalue weighted by Crippen LogP contribution is 2.30. The molecule has 1 aromatic rings. The predicted molar refractivity (Wildman–Crippen MR) is 53.6 cm³/mol. The Morgan fingerprint density at radius 2 is 2.29 bits per heavy atom. The fourth-order valence-electron chi connectivity index (χ4n) is 2.10. The minimum atomic E-state index is 0.406. The maximum atomic E-state index is 5.55. The third-order valence-electron chi connectivity index (χ3n) is 3.05. The molecule has 1 saturated carbocycles. The van der Waals surface area contributed by atoms with E-state index in [0.717, 1.165) is 31.2 Å². The molecule has 1 fully saturated rings. The molecule has 0 radical (unpaired) electrons. The number of aromatic nitrogens is 2. The zero-order valence-corrected chi connectivity index (χ0v) is 8.11. The number of nitrogens with two attached hydrogens (primary N) is 1. The fraction of sp³-hybridized carbons (Fsp3) is 0.600. The first-order valence-corrected chi connectivity index (χ1v) is 5.17. The van der Waals surface area contributed by atoms with Gasteiger partial charge >= 0.3 is 0 Å². The largest absolute Gasteiger partial charge is 0.368 e. The van der Waals surface area contributed by atoms with Crippen LogP contribution in [0.2, 0.25) is 0 Å². The number of rotatable bonds is 1. The van der Waals surface area contributed by atoms with Gasteiger partial charge < -0.3 is 5.73 Å². The van der Waals surface area contributed by atoms with Gasteiger partial charge in [-0.25, -0.2) is 9.97 Å². The Labute approximate surface area is 83.1 Å². The first-order valence-electron chi connectivity index (χ1n) is 5.17. The number of fused-ring (bicyclic) bond motifs is 1. The summed E-state index contributed by atoms with van der Waals surface area (Å²) in [6.45, 7) is 2.15. The molecule has 0 bridgehead atoms. The minimum absolute atomic E-state index is 0.406. The predicted octanol–water partition coefficient (Wildman–Crippen LogP) is 0.579. The summed E-state index contributed by atoms with van der Waals surface area (Å²) in [6, 6.07) is 0.834. The van der Waals surface area contributed by atoms with Crippen molar-refractivity contribution in [3.05, 3.63) is 17.5 Å². The molecule has 74 valence electrons. The molecular weight excluding hydrogens is 176 g/mol. The lowest BCUT2D eigenvalue weighted by atomic mass is 10.1. The van der Waals surface area contributed by atoms with Crippen LogP contribution in [0.15, 0.2) is 6.20 Å². The highest BCUT2D eigenvalue weighted by molar-refractivity contribution is 5.27. The lowest BCUT2D eigenvalue weighted by molar-refractivity contribution is 0.241. The molecule has 0 unspecified atom stereocenters. The molecule has 14 heavy (non-hydrogen) atoms. The average Bonchev–Trinajstić information content (AvgIpc) is 3.00. The third-order valence-corrected chi connectivity index (χ3v) is 3.05. The van der Waals surface area contributed by atoms with Gasteiger partial charge in [0.15, 0.2) is 0 Å². The zero-order chi connectivity index (χ0) is 9.54. The van der Waals surface area contributed by atoms with Gasteiger partial charge in [0.1, 0.15) is 0 Å². The first-order chi connectivity index (χ1) is 6.83. The van der Waals surface area contributed by atoms with Crippen LogP contribution in [0.4, 0.5) is 5.95 Å². The summed E-state index contributed by atoms with van der Waals surface area (Å²) < 4.78 is 0. The van der Waals surface area contributed by atoms with Gasteiger partial charge in [-0.2, -0.15) is 0 Å². The van der Waals surface area contributed by atoms with Crippen LogP contribution in [-0.4, -0.2) is 27.5 Å². The van der Waals surface area contributed by atoms with E-state index >= 15 is 0 Å². The number of hydrogen-bond donors (Lipinski definition) is 1. The van der Waals surface area contributed by atoms with Crippen molar-refractivity contribution in [2.75, 3.05) is 12.3 Å². The van der Waals surface area contributed by atoms with Crippen molar-refractivity contribution in [2.24, 2.45) is 0 Å². The molecule has 0 aromatic carbocycles. The Morgan fingerprint density at radius 3 is 3.07 bits per heavy atom. The Bertz CT molecular complexity index is 359. The van der Waals surface area contributed by atoms with Crippen molar-refractivity contribution in [2.45, 2.75) is 31.8 Å². The van der Waals surface area contributed by atoms with Crippen LogP contribution in [0.25, 0.3) is 0 Å². The van der Waals surface area contributed by atoms with Crippen molar-refractivity contribution >= 4 is 5.95 Å². The van der Waals surface area contributed by atoms with Gasteiger partial charge in [0.25, 0.3) is 0 Å². The summed E-state index contributed by atoms with van der Waals surface area (Å²) in [5.74, 6) is 0.406. The molecule has 2 N–H and O–H groups in total. The van der Waals surface area contributed by atoms with Crippen LogP contribution in [0.5, 0.6) is 0 Å². The number of nitrogens with zero attached hydrogens (tertiary/aromatic N) is 3. The van der Waals surface area contributed by atoms with Crippen molar-refractivity contribution in [1.82, 2.24) is 14.9 Å². The average molecular weight is 190 g/mol. The SMILES string of the molecule is Nc1ncc2c(n1)CCN(C1CC1)C2. The van der Waals surface area contributed by atoms with E-state index in [-0.39, 0.29) is 0 Å². The molecule has 4 nitrogen and oxygen atoms in total. The van der Waals surface area contributed by atoms with Crippen molar-refractivity contribution in [3.8, 4) is 0 Å². The van der Waals surface area contributed by atoms with Gasteiger partial charge in [-0.15, -0.1) is 0 Å². The molecule has 3 rings (SSSR count). The summed E-state index contributed by atoms with van der Waals surface area (Å²) >= 11 is 0. The molecule has 2 aliphatic rings. The van der Waals surface area contributed by atoms with E-state index in [2.05, 4.69) is 14.9 Å². The standard InChI is InChI=1S/C10H14N4/c11-10-12-5-7-6-14(8-1-2-8)4-3-9(7)13-10/h5,8H,1-4,6H2,(H2,11,12,13). The van der Waals surface area contributed by atoms with Gasteiger partial charge in [-0.05, 0) is 12.8 Å². The third kappa shape index (κ3) is 1.35. The summed E-state index contributed by atoms with van der Waals surface area (Å²) in [5, 5.41) is 0. The van der Waals surface area contributed by atoms with Gasteiger partial charge in [-0.3, -0.25) is 4.90 Å². The lowest BCUT2D eigenvalue weighted by Gasteiger charge is -2.27. The number of hydrogen-bond acceptors (Lipinski definition) is 4. The molecule has 0 atom stereocenters. The molecule has 0 spiro atoms. The number of anilines is 1. The molecule has 1 aliphatic carbocycles. The Balaban J connectivity index is 1.86. The molecule has 1 aromatic heterocycles. The van der Waals surface area contributed by atoms with E-state index in [9.17, 15) is 0 Å². The zero-order valence-electron chi connectivity index (χ0n) is 8.11. The topological polar surface area (TPSA) is 55.0 Å². The van der Waals surface area contributed by atoms with Crippen LogP contribution in [0.3, 0.4) is 0 Å². The normalized spacial score (nSPS) is 22.0. The fourth-order valence-corrected chi connectivity index (χ4v) is 2.10. The molecular formula is C10H14N4. The van der Waals surface area contributed by atoms with E-state index in [4.69, 9.17) is 5.73 Å². The number of nitrogen functional groups attached to an aromatic ring is 1. The highest BCUT2D eigenvalue weighted by Gasteiger charge is 2.31. The van der Waals surface area contributed by atoms with E-state index in [1.807, 2.05) is 6.20 Å². The Morgan fingerprint density at radius 1 is 1.43 bits per heavy atom. The van der Waals surface area contributed by atoms with E-state index in [0.29, 0.717) is 5.95 Å². The Hall–Kier alpha value is -1.16. The molecule has 1 aliphatic heterocycles. The van der Waals surface area contributed by atoms with E-state index in [1.54, 1.807) is 0 Å². The lowest BCUT2D eigenvalue weighted by Crippen LogP contribution is -2.33. The summed E-state index contributed by atoms with van der Waals surface area (Å²) in [5.41, 5.74) is 7.96. The quantitative estimate of drug-likeness (QED) is 0.703. The van der Waals surface area contributed by atoms with E-state index in [1.165, 1.54) is 18.4 Å². The minimum Gasteiger partial charge on any atom is -0.368 e. The smallest absolute Gasteiger partial charge is 0.220 e. The van der Waals surface area contributed by atoms with Gasteiger partial charge in [0, 0.05) is 37.3 Å². The monoisotopic (exact) mass is 190 g/mol.